The topological polar surface area (TPSA) is 83.5 Å². The Bertz CT molecular complexity index is 350. The van der Waals surface area contributed by atoms with Crippen LogP contribution in [0.4, 0.5) is 0 Å². The lowest BCUT2D eigenvalue weighted by Crippen LogP contribution is -2.41. The van der Waals surface area contributed by atoms with E-state index in [1.165, 1.54) is 0 Å². The Kier molecular flexibility index (Phi) is 4.11. The first-order valence-electron chi connectivity index (χ1n) is 6.59. The van der Waals surface area contributed by atoms with Crippen LogP contribution in [-0.4, -0.2) is 28.8 Å². The molecule has 100 valence electrons. The number of aliphatic hydroxyl groups is 1. The Hall–Kier alpha value is -1.23. The fourth-order valence-electron chi connectivity index (χ4n) is 2.94. The number of nitrogens with one attached hydrogen (secondary N) is 1. The van der Waals surface area contributed by atoms with Gasteiger partial charge in [0.25, 0.3) is 0 Å². The molecule has 0 aromatic rings. The van der Waals surface area contributed by atoms with Crippen LogP contribution in [0.25, 0.3) is 0 Å². The molecule has 0 aromatic heterocycles. The number of carbonyl (C=O) groups is 3. The predicted octanol–water partition coefficient (Wildman–Crippen LogP) is 0.549. The van der Waals surface area contributed by atoms with E-state index in [2.05, 4.69) is 5.32 Å². The van der Waals surface area contributed by atoms with Crippen LogP contribution < -0.4 is 5.32 Å². The zero-order valence-electron chi connectivity index (χ0n) is 10.4. The Morgan fingerprint density at radius 2 is 1.83 bits per heavy atom. The van der Waals surface area contributed by atoms with Gasteiger partial charge >= 0.3 is 0 Å². The van der Waals surface area contributed by atoms with E-state index in [1.807, 2.05) is 0 Å². The average molecular weight is 253 g/mol. The van der Waals surface area contributed by atoms with Gasteiger partial charge in [-0.15, -0.1) is 0 Å². The van der Waals surface area contributed by atoms with Gasteiger partial charge in [0.1, 0.15) is 5.78 Å². The van der Waals surface area contributed by atoms with Crippen molar-refractivity contribution in [3.05, 3.63) is 0 Å². The zero-order chi connectivity index (χ0) is 13.1. The molecule has 5 heteroatoms. The van der Waals surface area contributed by atoms with Gasteiger partial charge in [-0.1, -0.05) is 6.42 Å². The van der Waals surface area contributed by atoms with Crippen molar-refractivity contribution in [3.63, 3.8) is 0 Å². The van der Waals surface area contributed by atoms with Crippen molar-refractivity contribution in [3.8, 4) is 0 Å². The molecule has 1 saturated heterocycles. The van der Waals surface area contributed by atoms with Gasteiger partial charge in [0, 0.05) is 25.2 Å². The average Bonchev–Trinajstić information content (AvgIpc) is 2.27. The largest absolute Gasteiger partial charge is 0.392 e. The first-order valence-corrected chi connectivity index (χ1v) is 6.59. The van der Waals surface area contributed by atoms with Gasteiger partial charge < -0.3 is 5.11 Å². The van der Waals surface area contributed by atoms with Crippen molar-refractivity contribution in [1.82, 2.24) is 5.32 Å². The van der Waals surface area contributed by atoms with Crippen molar-refractivity contribution in [2.75, 3.05) is 0 Å². The Morgan fingerprint density at radius 3 is 2.44 bits per heavy atom. The van der Waals surface area contributed by atoms with Gasteiger partial charge in [-0.05, 0) is 25.2 Å². The third-order valence-electron chi connectivity index (χ3n) is 3.87. The lowest BCUT2D eigenvalue weighted by molar-refractivity contribution is -0.135. The van der Waals surface area contributed by atoms with Crippen LogP contribution in [-0.2, 0) is 14.4 Å². The molecule has 2 N–H and O–H groups in total. The first-order chi connectivity index (χ1) is 8.56. The highest BCUT2D eigenvalue weighted by Gasteiger charge is 2.33. The number of Topliss-reactive ketones (excluding diaryl/α,β-unsaturated/α-hetero) is 1. The van der Waals surface area contributed by atoms with Gasteiger partial charge in [0.05, 0.1) is 6.10 Å². The molecule has 1 heterocycles. The third kappa shape index (κ3) is 3.16. The fourth-order valence-corrected chi connectivity index (χ4v) is 2.94. The van der Waals surface area contributed by atoms with Crippen LogP contribution in [0.3, 0.4) is 0 Å². The summed E-state index contributed by atoms with van der Waals surface area (Å²) in [4.78, 5) is 34.2. The van der Waals surface area contributed by atoms with Gasteiger partial charge in [-0.25, -0.2) is 0 Å². The fraction of sp³-hybridized carbons (Fsp3) is 0.769. The number of rotatable bonds is 3. The summed E-state index contributed by atoms with van der Waals surface area (Å²) in [6.07, 6.45) is 3.35. The molecular formula is C13H19NO4. The maximum atomic E-state index is 11.7. The molecule has 2 aliphatic rings. The molecule has 2 atom stereocenters. The summed E-state index contributed by atoms with van der Waals surface area (Å²) in [7, 11) is 0. The number of imide groups is 1. The first kappa shape index (κ1) is 13.2. The zero-order valence-corrected chi connectivity index (χ0v) is 10.4. The second kappa shape index (κ2) is 5.61. The van der Waals surface area contributed by atoms with Crippen molar-refractivity contribution >= 4 is 17.6 Å². The van der Waals surface area contributed by atoms with E-state index < -0.39 is 6.10 Å². The molecule has 2 rings (SSSR count). The van der Waals surface area contributed by atoms with E-state index >= 15 is 0 Å². The smallest absolute Gasteiger partial charge is 0.226 e. The molecule has 0 bridgehead atoms. The summed E-state index contributed by atoms with van der Waals surface area (Å²) in [6, 6.07) is 0. The highest BCUT2D eigenvalue weighted by Crippen LogP contribution is 2.29. The second-order valence-corrected chi connectivity index (χ2v) is 5.37. The van der Waals surface area contributed by atoms with Crippen LogP contribution in [0.1, 0.15) is 44.9 Å². The number of carbonyl (C=O) groups excluding carboxylic acids is 3. The number of hydrogen-bond donors (Lipinski definition) is 2. The highest BCUT2D eigenvalue weighted by atomic mass is 16.3. The number of ketones is 1. The Morgan fingerprint density at radius 1 is 1.17 bits per heavy atom. The molecule has 1 saturated carbocycles. The van der Waals surface area contributed by atoms with E-state index in [0.717, 1.165) is 19.3 Å². The molecule has 1 aliphatic carbocycles. The maximum Gasteiger partial charge on any atom is 0.226 e. The summed E-state index contributed by atoms with van der Waals surface area (Å²) < 4.78 is 0. The minimum Gasteiger partial charge on any atom is -0.392 e. The standard InChI is InChI=1S/C13H19NO4/c15-10-4-2-1-3-9(10)11(16)5-8-6-12(17)14-13(18)7-8/h8-9,11,16H,1-7H2,(H,14,17,18)/t9-,11+/m0/s1. The number of hydrogen-bond acceptors (Lipinski definition) is 4. The Balaban J connectivity index is 1.89. The van der Waals surface area contributed by atoms with Crippen molar-refractivity contribution in [1.29, 1.82) is 0 Å². The number of amides is 2. The van der Waals surface area contributed by atoms with E-state index in [-0.39, 0.29) is 42.3 Å². The molecule has 0 spiro atoms. The number of aliphatic hydroxyl groups excluding tert-OH is 1. The summed E-state index contributed by atoms with van der Waals surface area (Å²) >= 11 is 0. The lowest BCUT2D eigenvalue weighted by Gasteiger charge is -2.29. The molecule has 5 nitrogen and oxygen atoms in total. The van der Waals surface area contributed by atoms with E-state index in [9.17, 15) is 19.5 Å². The highest BCUT2D eigenvalue weighted by molar-refractivity contribution is 5.97. The van der Waals surface area contributed by atoms with E-state index in [1.54, 1.807) is 0 Å². The van der Waals surface area contributed by atoms with Crippen molar-refractivity contribution in [2.24, 2.45) is 11.8 Å². The summed E-state index contributed by atoms with van der Waals surface area (Å²) in [5.41, 5.74) is 0. The van der Waals surface area contributed by atoms with Crippen LogP contribution in [0.5, 0.6) is 0 Å². The normalized spacial score (nSPS) is 28.1. The quantitative estimate of drug-likeness (QED) is 0.719. The van der Waals surface area contributed by atoms with Gasteiger partial charge in [0.2, 0.25) is 11.8 Å². The van der Waals surface area contributed by atoms with E-state index in [4.69, 9.17) is 0 Å². The SMILES string of the molecule is O=C1CC(C[C@@H](O)[C@H]2CCCCC2=O)CC(=O)N1. The van der Waals surface area contributed by atoms with Crippen molar-refractivity contribution in [2.45, 2.75) is 51.0 Å². The molecule has 2 amide bonds. The molecule has 1 aliphatic heterocycles. The van der Waals surface area contributed by atoms with E-state index in [0.29, 0.717) is 12.8 Å². The molecule has 18 heavy (non-hydrogen) atoms. The van der Waals surface area contributed by atoms with Crippen LogP contribution in [0.15, 0.2) is 0 Å². The second-order valence-electron chi connectivity index (χ2n) is 5.37. The predicted molar refractivity (Wildman–Crippen MR) is 63.5 cm³/mol. The maximum absolute atomic E-state index is 11.7. The molecule has 0 radical (unpaired) electrons. The third-order valence-corrected chi connectivity index (χ3v) is 3.87. The van der Waals surface area contributed by atoms with Gasteiger partial charge in [-0.3, -0.25) is 19.7 Å². The summed E-state index contributed by atoms with van der Waals surface area (Å²) in [5, 5.41) is 12.3. The minimum absolute atomic E-state index is 0.125. The summed E-state index contributed by atoms with van der Waals surface area (Å²) in [5.74, 6) is -0.855. The molecule has 0 unspecified atom stereocenters. The van der Waals surface area contributed by atoms with Gasteiger partial charge in [-0.2, -0.15) is 0 Å². The van der Waals surface area contributed by atoms with Crippen LogP contribution in [0, 0.1) is 11.8 Å². The minimum atomic E-state index is -0.707. The summed E-state index contributed by atoms with van der Waals surface area (Å²) in [6.45, 7) is 0. The number of piperidine rings is 1. The Labute approximate surface area is 106 Å². The van der Waals surface area contributed by atoms with Crippen LogP contribution >= 0.6 is 0 Å². The van der Waals surface area contributed by atoms with Gasteiger partial charge in [0.15, 0.2) is 0 Å². The molecule has 2 fully saturated rings. The molecule has 0 aromatic carbocycles. The monoisotopic (exact) mass is 253 g/mol. The molecular weight excluding hydrogens is 234 g/mol. The van der Waals surface area contributed by atoms with Crippen LogP contribution in [0.2, 0.25) is 0 Å². The lowest BCUT2D eigenvalue weighted by atomic mass is 9.79. The van der Waals surface area contributed by atoms with Crippen molar-refractivity contribution < 1.29 is 19.5 Å².